The molecule has 2 heteroatoms. The minimum absolute atomic E-state index is 0.0793. The first kappa shape index (κ1) is 15.5. The van der Waals surface area contributed by atoms with Crippen molar-refractivity contribution in [1.29, 1.82) is 0 Å². The quantitative estimate of drug-likeness (QED) is 0.787. The van der Waals surface area contributed by atoms with E-state index in [-0.39, 0.29) is 11.3 Å². The highest BCUT2D eigenvalue weighted by atomic mass is 16.1. The SMILES string of the molecule is CC(C)(C)CC(=O)NC1CCCCC1C(C)(C)C. The predicted molar refractivity (Wildman–Crippen MR) is 77.4 cm³/mol. The van der Waals surface area contributed by atoms with Gasteiger partial charge in [-0.15, -0.1) is 0 Å². The van der Waals surface area contributed by atoms with Crippen LogP contribution in [0.15, 0.2) is 0 Å². The van der Waals surface area contributed by atoms with E-state index in [0.717, 1.165) is 6.42 Å². The van der Waals surface area contributed by atoms with Gasteiger partial charge in [-0.2, -0.15) is 0 Å². The molecule has 1 saturated carbocycles. The van der Waals surface area contributed by atoms with Gasteiger partial charge in [0.2, 0.25) is 5.91 Å². The van der Waals surface area contributed by atoms with Gasteiger partial charge in [-0.05, 0) is 29.6 Å². The summed E-state index contributed by atoms with van der Waals surface area (Å²) in [6.45, 7) is 13.3. The number of hydrogen-bond donors (Lipinski definition) is 1. The van der Waals surface area contributed by atoms with Crippen molar-refractivity contribution in [2.75, 3.05) is 0 Å². The topological polar surface area (TPSA) is 29.1 Å². The zero-order chi connectivity index (χ0) is 14.0. The Morgan fingerprint density at radius 2 is 1.61 bits per heavy atom. The summed E-state index contributed by atoms with van der Waals surface area (Å²) in [4.78, 5) is 12.1. The van der Waals surface area contributed by atoms with E-state index in [4.69, 9.17) is 0 Å². The van der Waals surface area contributed by atoms with Crippen LogP contribution < -0.4 is 5.32 Å². The molecule has 1 rings (SSSR count). The van der Waals surface area contributed by atoms with Crippen LogP contribution in [0.1, 0.15) is 73.6 Å². The smallest absolute Gasteiger partial charge is 0.220 e. The lowest BCUT2D eigenvalue weighted by Crippen LogP contribution is -2.47. The summed E-state index contributed by atoms with van der Waals surface area (Å²) in [6.07, 6.45) is 5.60. The van der Waals surface area contributed by atoms with E-state index >= 15 is 0 Å². The summed E-state index contributed by atoms with van der Waals surface area (Å²) in [5, 5.41) is 3.29. The van der Waals surface area contributed by atoms with Crippen LogP contribution in [-0.2, 0) is 4.79 Å². The largest absolute Gasteiger partial charge is 0.353 e. The number of nitrogens with one attached hydrogen (secondary N) is 1. The fraction of sp³-hybridized carbons (Fsp3) is 0.938. The predicted octanol–water partition coefficient (Wildman–Crippen LogP) is 4.14. The van der Waals surface area contributed by atoms with E-state index in [9.17, 15) is 4.79 Å². The third-order valence-electron chi connectivity index (χ3n) is 3.92. The highest BCUT2D eigenvalue weighted by Gasteiger charge is 2.35. The summed E-state index contributed by atoms with van der Waals surface area (Å²) in [6, 6.07) is 0.383. The molecule has 18 heavy (non-hydrogen) atoms. The zero-order valence-electron chi connectivity index (χ0n) is 13.1. The van der Waals surface area contributed by atoms with Gasteiger partial charge >= 0.3 is 0 Å². The van der Waals surface area contributed by atoms with Crippen LogP contribution in [0.2, 0.25) is 0 Å². The molecule has 0 heterocycles. The molecule has 0 aromatic heterocycles. The summed E-state index contributed by atoms with van der Waals surface area (Å²) in [5.41, 5.74) is 0.371. The molecule has 0 spiro atoms. The van der Waals surface area contributed by atoms with Crippen LogP contribution in [0.5, 0.6) is 0 Å². The monoisotopic (exact) mass is 253 g/mol. The Kier molecular flexibility index (Phi) is 4.85. The van der Waals surface area contributed by atoms with Crippen molar-refractivity contribution in [3.05, 3.63) is 0 Å². The Hall–Kier alpha value is -0.530. The second-order valence-corrected chi connectivity index (χ2v) is 8.17. The molecule has 0 bridgehead atoms. The van der Waals surface area contributed by atoms with Crippen LogP contribution in [0.3, 0.4) is 0 Å². The average Bonchev–Trinajstić information content (AvgIpc) is 2.13. The Bertz CT molecular complexity index is 282. The van der Waals surface area contributed by atoms with Gasteiger partial charge in [-0.25, -0.2) is 0 Å². The van der Waals surface area contributed by atoms with Crippen molar-refractivity contribution in [1.82, 2.24) is 5.32 Å². The molecule has 1 aliphatic rings. The van der Waals surface area contributed by atoms with Crippen LogP contribution in [0, 0.1) is 16.7 Å². The molecule has 0 aliphatic heterocycles. The van der Waals surface area contributed by atoms with E-state index < -0.39 is 0 Å². The normalized spacial score (nSPS) is 25.9. The summed E-state index contributed by atoms with van der Waals surface area (Å²) in [7, 11) is 0. The van der Waals surface area contributed by atoms with Crippen molar-refractivity contribution in [3.63, 3.8) is 0 Å². The first-order valence-electron chi connectivity index (χ1n) is 7.39. The number of rotatable bonds is 2. The highest BCUT2D eigenvalue weighted by molar-refractivity contribution is 5.76. The van der Waals surface area contributed by atoms with Gasteiger partial charge in [-0.3, -0.25) is 4.79 Å². The molecule has 1 N–H and O–H groups in total. The first-order valence-corrected chi connectivity index (χ1v) is 7.39. The van der Waals surface area contributed by atoms with Crippen molar-refractivity contribution in [2.45, 2.75) is 79.7 Å². The van der Waals surface area contributed by atoms with E-state index in [1.807, 2.05) is 0 Å². The second-order valence-electron chi connectivity index (χ2n) is 8.17. The fourth-order valence-electron chi connectivity index (χ4n) is 3.08. The molecule has 0 aromatic rings. The maximum absolute atomic E-state index is 12.1. The number of hydrogen-bond acceptors (Lipinski definition) is 1. The zero-order valence-corrected chi connectivity index (χ0v) is 13.1. The molecule has 1 amide bonds. The van der Waals surface area contributed by atoms with Crippen molar-refractivity contribution >= 4 is 5.91 Å². The van der Waals surface area contributed by atoms with Crippen LogP contribution in [-0.4, -0.2) is 11.9 Å². The van der Waals surface area contributed by atoms with Gasteiger partial charge in [-0.1, -0.05) is 54.4 Å². The third-order valence-corrected chi connectivity index (χ3v) is 3.92. The average molecular weight is 253 g/mol. The lowest BCUT2D eigenvalue weighted by molar-refractivity contribution is -0.124. The molecule has 2 atom stereocenters. The van der Waals surface area contributed by atoms with E-state index in [1.165, 1.54) is 19.3 Å². The lowest BCUT2D eigenvalue weighted by Gasteiger charge is -2.41. The van der Waals surface area contributed by atoms with Crippen LogP contribution in [0.4, 0.5) is 0 Å². The molecule has 2 unspecified atom stereocenters. The van der Waals surface area contributed by atoms with Gasteiger partial charge in [0.15, 0.2) is 0 Å². The molecule has 1 fully saturated rings. The van der Waals surface area contributed by atoms with Crippen LogP contribution in [0.25, 0.3) is 0 Å². The molecular weight excluding hydrogens is 222 g/mol. The number of amides is 1. The van der Waals surface area contributed by atoms with Crippen molar-refractivity contribution < 1.29 is 4.79 Å². The standard InChI is InChI=1S/C16H31NO/c1-15(2,3)11-14(18)17-13-10-8-7-9-12(13)16(4,5)6/h12-13H,7-11H2,1-6H3,(H,17,18). The van der Waals surface area contributed by atoms with Gasteiger partial charge in [0.1, 0.15) is 0 Å². The third kappa shape index (κ3) is 4.99. The fourth-order valence-corrected chi connectivity index (χ4v) is 3.08. The Balaban J connectivity index is 2.60. The van der Waals surface area contributed by atoms with Gasteiger partial charge in [0.05, 0.1) is 0 Å². The second kappa shape index (κ2) is 5.63. The maximum atomic E-state index is 12.1. The summed E-state index contributed by atoms with van der Waals surface area (Å²) in [5.74, 6) is 0.846. The van der Waals surface area contributed by atoms with E-state index in [1.54, 1.807) is 0 Å². The number of carbonyl (C=O) groups excluding carboxylic acids is 1. The summed E-state index contributed by atoms with van der Waals surface area (Å²) < 4.78 is 0. The Morgan fingerprint density at radius 1 is 1.06 bits per heavy atom. The molecular formula is C16H31NO. The van der Waals surface area contributed by atoms with Gasteiger partial charge < -0.3 is 5.32 Å². The van der Waals surface area contributed by atoms with Gasteiger partial charge in [0, 0.05) is 12.5 Å². The Labute approximate surface area is 113 Å². The van der Waals surface area contributed by atoms with Crippen molar-refractivity contribution in [2.24, 2.45) is 16.7 Å². The van der Waals surface area contributed by atoms with Crippen molar-refractivity contribution in [3.8, 4) is 0 Å². The highest BCUT2D eigenvalue weighted by Crippen LogP contribution is 2.38. The first-order chi connectivity index (χ1) is 8.09. The van der Waals surface area contributed by atoms with Gasteiger partial charge in [0.25, 0.3) is 0 Å². The lowest BCUT2D eigenvalue weighted by atomic mass is 9.69. The minimum Gasteiger partial charge on any atom is -0.353 e. The Morgan fingerprint density at radius 3 is 2.11 bits per heavy atom. The van der Waals surface area contributed by atoms with Crippen LogP contribution >= 0.6 is 0 Å². The molecule has 106 valence electrons. The maximum Gasteiger partial charge on any atom is 0.220 e. The van der Waals surface area contributed by atoms with E-state index in [0.29, 0.717) is 23.8 Å². The molecule has 2 nitrogen and oxygen atoms in total. The molecule has 0 aromatic carbocycles. The van der Waals surface area contributed by atoms with E-state index in [2.05, 4.69) is 46.9 Å². The minimum atomic E-state index is 0.0793. The number of carbonyl (C=O) groups is 1. The molecule has 0 saturated heterocycles. The molecule has 0 radical (unpaired) electrons. The molecule has 1 aliphatic carbocycles. The summed E-state index contributed by atoms with van der Waals surface area (Å²) >= 11 is 0.